The summed E-state index contributed by atoms with van der Waals surface area (Å²) in [7, 11) is 0. The van der Waals surface area contributed by atoms with Crippen LogP contribution in [0.5, 0.6) is 0 Å². The average Bonchev–Trinajstić information content (AvgIpc) is 2.33. The van der Waals surface area contributed by atoms with Crippen LogP contribution < -0.4 is 18.9 Å². The van der Waals surface area contributed by atoms with Gasteiger partial charge in [0.1, 0.15) is 0 Å². The van der Waals surface area contributed by atoms with Gasteiger partial charge in [0.2, 0.25) is 0 Å². The van der Waals surface area contributed by atoms with Crippen molar-refractivity contribution in [2.45, 2.75) is 38.0 Å². The summed E-state index contributed by atoms with van der Waals surface area (Å²) in [5, 5.41) is 0. The van der Waals surface area contributed by atoms with Crippen molar-refractivity contribution >= 4 is 0 Å². The van der Waals surface area contributed by atoms with Crippen molar-refractivity contribution in [3.05, 3.63) is 42.3 Å². The Kier molecular flexibility index (Phi) is 5.69. The first-order valence-corrected chi connectivity index (χ1v) is 5.95. The quantitative estimate of drug-likeness (QED) is 0.533. The van der Waals surface area contributed by atoms with Crippen molar-refractivity contribution in [2.75, 3.05) is 0 Å². The van der Waals surface area contributed by atoms with Crippen LogP contribution in [-0.2, 0) is 0 Å². The summed E-state index contributed by atoms with van der Waals surface area (Å²) in [5.74, 6) is -0.355. The first-order chi connectivity index (χ1) is 7.70. The molecule has 0 nitrogen and oxygen atoms in total. The fourth-order valence-electron chi connectivity index (χ4n) is 2.55. The van der Waals surface area contributed by atoms with Gasteiger partial charge in [0.05, 0.1) is 0 Å². The normalized spacial score (nSPS) is 24.2. The van der Waals surface area contributed by atoms with Crippen LogP contribution in [0.15, 0.2) is 18.2 Å². The Morgan fingerprint density at radius 1 is 1.06 bits per heavy atom. The van der Waals surface area contributed by atoms with E-state index in [1.54, 1.807) is 6.07 Å². The molecular weight excluding hydrogens is 213 g/mol. The Labute approximate surface area is 114 Å². The molecule has 0 bridgehead atoms. The van der Waals surface area contributed by atoms with Gasteiger partial charge in [-0.2, -0.15) is 6.42 Å². The minimum Gasteiger partial charge on any atom is -0.343 e. The van der Waals surface area contributed by atoms with E-state index < -0.39 is 11.6 Å². The summed E-state index contributed by atoms with van der Waals surface area (Å²) in [6.45, 7) is 3.92. The maximum Gasteiger partial charge on any atom is 1.00 e. The Bertz CT molecular complexity index is 357. The molecule has 0 amide bonds. The summed E-state index contributed by atoms with van der Waals surface area (Å²) in [6, 6.07) is 4.30. The van der Waals surface area contributed by atoms with Gasteiger partial charge in [-0.3, -0.25) is 0 Å². The van der Waals surface area contributed by atoms with E-state index in [2.05, 4.69) is 6.92 Å². The van der Waals surface area contributed by atoms with Crippen molar-refractivity contribution in [1.29, 1.82) is 0 Å². The molecule has 0 radical (unpaired) electrons. The van der Waals surface area contributed by atoms with E-state index in [1.165, 1.54) is 12.1 Å². The number of rotatable bonds is 2. The van der Waals surface area contributed by atoms with E-state index in [0.29, 0.717) is 5.92 Å². The van der Waals surface area contributed by atoms with Crippen molar-refractivity contribution in [3.8, 4) is 0 Å². The third kappa shape index (κ3) is 3.57. The molecule has 1 fully saturated rings. The van der Waals surface area contributed by atoms with Crippen LogP contribution in [-0.4, -0.2) is 0 Å². The molecule has 0 aromatic heterocycles. The number of hydrogen-bond acceptors (Lipinski definition) is 0. The van der Waals surface area contributed by atoms with Gasteiger partial charge in [-0.25, -0.2) is 8.78 Å². The number of halogens is 2. The maximum atomic E-state index is 13.1. The smallest absolute Gasteiger partial charge is 0.343 e. The van der Waals surface area contributed by atoms with E-state index in [4.69, 9.17) is 0 Å². The largest absolute Gasteiger partial charge is 1.00 e. The fourth-order valence-corrected chi connectivity index (χ4v) is 2.55. The Hall–Kier alpha value is -0.323. The Morgan fingerprint density at radius 3 is 2.24 bits per heavy atom. The first kappa shape index (κ1) is 14.7. The van der Waals surface area contributed by atoms with Gasteiger partial charge < -0.3 is 6.92 Å². The summed E-state index contributed by atoms with van der Waals surface area (Å²) >= 11 is 0. The molecule has 0 heterocycles. The SMILES string of the molecule is [CH2-]CC1CCC(c2ccc(F)c(F)c2)CC1.[Li+]. The molecule has 88 valence electrons. The summed E-state index contributed by atoms with van der Waals surface area (Å²) in [6.07, 6.45) is 5.46. The molecule has 0 spiro atoms. The third-order valence-electron chi connectivity index (χ3n) is 3.67. The van der Waals surface area contributed by atoms with Gasteiger partial charge in [0.15, 0.2) is 11.6 Å². The average molecular weight is 230 g/mol. The van der Waals surface area contributed by atoms with Crippen LogP contribution >= 0.6 is 0 Å². The summed E-state index contributed by atoms with van der Waals surface area (Å²) in [4.78, 5) is 0. The fraction of sp³-hybridized carbons (Fsp3) is 0.500. The van der Waals surface area contributed by atoms with Gasteiger partial charge in [-0.1, -0.05) is 24.8 Å². The Morgan fingerprint density at radius 2 is 1.71 bits per heavy atom. The van der Waals surface area contributed by atoms with Crippen LogP contribution in [0.2, 0.25) is 0 Å². The molecule has 0 saturated heterocycles. The second-order valence-corrected chi connectivity index (χ2v) is 4.68. The predicted molar refractivity (Wildman–Crippen MR) is 61.0 cm³/mol. The van der Waals surface area contributed by atoms with Crippen molar-refractivity contribution < 1.29 is 27.6 Å². The second kappa shape index (κ2) is 6.57. The van der Waals surface area contributed by atoms with Gasteiger partial charge in [0, 0.05) is 0 Å². The molecule has 0 unspecified atom stereocenters. The van der Waals surface area contributed by atoms with E-state index >= 15 is 0 Å². The monoisotopic (exact) mass is 230 g/mol. The van der Waals surface area contributed by atoms with Crippen LogP contribution in [0, 0.1) is 24.5 Å². The van der Waals surface area contributed by atoms with Gasteiger partial charge in [0.25, 0.3) is 0 Å². The van der Waals surface area contributed by atoms with Crippen LogP contribution in [0.3, 0.4) is 0 Å². The number of benzene rings is 1. The maximum absolute atomic E-state index is 13.1. The minimum absolute atomic E-state index is 0. The predicted octanol–water partition coefficient (Wildman–Crippen LogP) is 1.47. The molecule has 0 N–H and O–H groups in total. The molecule has 1 aromatic rings. The Balaban J connectivity index is 0.00000144. The van der Waals surface area contributed by atoms with Crippen LogP contribution in [0.25, 0.3) is 0 Å². The molecule has 17 heavy (non-hydrogen) atoms. The van der Waals surface area contributed by atoms with Crippen molar-refractivity contribution in [2.24, 2.45) is 5.92 Å². The van der Waals surface area contributed by atoms with Gasteiger partial charge in [-0.05, 0) is 36.5 Å². The topological polar surface area (TPSA) is 0 Å². The molecule has 1 aromatic carbocycles. The molecule has 1 aliphatic carbocycles. The van der Waals surface area contributed by atoms with Crippen LogP contribution in [0.4, 0.5) is 8.78 Å². The first-order valence-electron chi connectivity index (χ1n) is 5.95. The molecule has 0 atom stereocenters. The van der Waals surface area contributed by atoms with E-state index in [1.807, 2.05) is 0 Å². The van der Waals surface area contributed by atoms with Crippen molar-refractivity contribution in [1.82, 2.24) is 0 Å². The molecule has 3 heteroatoms. The molecule has 1 aliphatic rings. The van der Waals surface area contributed by atoms with Crippen LogP contribution in [0.1, 0.15) is 43.6 Å². The summed E-state index contributed by atoms with van der Waals surface area (Å²) < 4.78 is 25.9. The van der Waals surface area contributed by atoms with E-state index in [0.717, 1.165) is 43.6 Å². The third-order valence-corrected chi connectivity index (χ3v) is 3.67. The van der Waals surface area contributed by atoms with Gasteiger partial charge >= 0.3 is 18.9 Å². The zero-order valence-corrected chi connectivity index (χ0v) is 10.4. The zero-order valence-electron chi connectivity index (χ0n) is 10.4. The minimum atomic E-state index is -0.754. The zero-order chi connectivity index (χ0) is 11.5. The molecule has 0 aliphatic heterocycles. The van der Waals surface area contributed by atoms with Crippen molar-refractivity contribution in [3.63, 3.8) is 0 Å². The standard InChI is InChI=1S/C14H17F2.Li/c1-2-10-3-5-11(6-4-10)12-7-8-13(15)14(16)9-12;/h7-11H,1-6H2;/q-1;+1. The molecule has 2 rings (SSSR count). The number of hydrogen-bond donors (Lipinski definition) is 0. The second-order valence-electron chi connectivity index (χ2n) is 4.68. The van der Waals surface area contributed by atoms with Gasteiger partial charge in [-0.15, -0.1) is 0 Å². The molecular formula is C14H17F2Li. The van der Waals surface area contributed by atoms with E-state index in [-0.39, 0.29) is 18.9 Å². The summed E-state index contributed by atoms with van der Waals surface area (Å²) in [5.41, 5.74) is 0.946. The van der Waals surface area contributed by atoms with E-state index in [9.17, 15) is 8.78 Å². The molecule has 1 saturated carbocycles.